The Morgan fingerprint density at radius 2 is 1.94 bits per heavy atom. The van der Waals surface area contributed by atoms with Crippen LogP contribution in [0.25, 0.3) is 0 Å². The fourth-order valence-electron chi connectivity index (χ4n) is 3.38. The van der Waals surface area contributed by atoms with Gasteiger partial charge in [0.05, 0.1) is 6.04 Å². The summed E-state index contributed by atoms with van der Waals surface area (Å²) in [6.07, 6.45) is 7.51. The van der Waals surface area contributed by atoms with Crippen LogP contribution >= 0.6 is 0 Å². The van der Waals surface area contributed by atoms with Crippen molar-refractivity contribution in [3.8, 4) is 0 Å². The van der Waals surface area contributed by atoms with Crippen molar-refractivity contribution in [3.05, 3.63) is 0 Å². The van der Waals surface area contributed by atoms with Crippen molar-refractivity contribution in [3.63, 3.8) is 0 Å². The van der Waals surface area contributed by atoms with E-state index >= 15 is 0 Å². The van der Waals surface area contributed by atoms with E-state index in [0.29, 0.717) is 5.91 Å². The van der Waals surface area contributed by atoms with E-state index in [9.17, 15) is 4.79 Å². The molecule has 1 saturated carbocycles. The van der Waals surface area contributed by atoms with E-state index in [1.807, 2.05) is 0 Å². The molecule has 2 fully saturated rings. The lowest BCUT2D eigenvalue weighted by Gasteiger charge is -2.36. The Bertz CT molecular complexity index is 270. The van der Waals surface area contributed by atoms with Crippen LogP contribution in [0.3, 0.4) is 0 Å². The van der Waals surface area contributed by atoms with Crippen molar-refractivity contribution >= 4 is 5.91 Å². The molecular formula is C15H28N2O. The third kappa shape index (κ3) is 3.47. The van der Waals surface area contributed by atoms with Gasteiger partial charge in [-0.2, -0.15) is 0 Å². The van der Waals surface area contributed by atoms with Gasteiger partial charge in [0.25, 0.3) is 0 Å². The van der Waals surface area contributed by atoms with Gasteiger partial charge in [0.2, 0.25) is 5.91 Å². The molecule has 2 aliphatic rings. The van der Waals surface area contributed by atoms with Crippen LogP contribution in [0.15, 0.2) is 0 Å². The van der Waals surface area contributed by atoms with Gasteiger partial charge in [0.1, 0.15) is 0 Å². The number of hydrogen-bond acceptors (Lipinski definition) is 2. The Balaban J connectivity index is 1.82. The summed E-state index contributed by atoms with van der Waals surface area (Å²) in [5.41, 5.74) is 0. The number of amides is 1. The minimum atomic E-state index is 0.0891. The van der Waals surface area contributed by atoms with Crippen molar-refractivity contribution in [1.29, 1.82) is 0 Å². The number of rotatable bonds is 4. The van der Waals surface area contributed by atoms with Gasteiger partial charge in [-0.1, -0.05) is 26.7 Å². The zero-order chi connectivity index (χ0) is 13.0. The van der Waals surface area contributed by atoms with Gasteiger partial charge in [0.15, 0.2) is 0 Å². The smallest absolute Gasteiger partial charge is 0.239 e. The summed E-state index contributed by atoms with van der Waals surface area (Å²) in [4.78, 5) is 14.4. The molecule has 1 heterocycles. The third-order valence-electron chi connectivity index (χ3n) is 4.60. The Kier molecular flexibility index (Phi) is 5.04. The average Bonchev–Trinajstić information content (AvgIpc) is 2.37. The van der Waals surface area contributed by atoms with E-state index in [1.54, 1.807) is 0 Å². The Labute approximate surface area is 111 Å². The highest BCUT2D eigenvalue weighted by molar-refractivity contribution is 5.82. The summed E-state index contributed by atoms with van der Waals surface area (Å²) in [5.74, 6) is 2.00. The highest BCUT2D eigenvalue weighted by Gasteiger charge is 2.30. The van der Waals surface area contributed by atoms with E-state index in [-0.39, 0.29) is 6.04 Å². The van der Waals surface area contributed by atoms with Crippen LogP contribution in [0.5, 0.6) is 0 Å². The molecule has 0 bridgehead atoms. The van der Waals surface area contributed by atoms with E-state index in [2.05, 4.69) is 24.1 Å². The Hall–Kier alpha value is -0.570. The molecule has 18 heavy (non-hydrogen) atoms. The lowest BCUT2D eigenvalue weighted by Crippen LogP contribution is -2.51. The molecule has 3 nitrogen and oxygen atoms in total. The maximum Gasteiger partial charge on any atom is 0.239 e. The number of hydrogen-bond donors (Lipinski definition) is 1. The second-order valence-electron chi connectivity index (χ2n) is 6.16. The van der Waals surface area contributed by atoms with Crippen LogP contribution in [0, 0.1) is 11.8 Å². The molecule has 0 spiro atoms. The minimum Gasteiger partial charge on any atom is -0.341 e. The molecule has 1 atom stereocenters. The molecule has 1 N–H and O–H groups in total. The average molecular weight is 252 g/mol. The van der Waals surface area contributed by atoms with Crippen molar-refractivity contribution in [2.75, 3.05) is 19.6 Å². The van der Waals surface area contributed by atoms with Crippen molar-refractivity contribution in [1.82, 2.24) is 10.2 Å². The molecule has 1 unspecified atom stereocenters. The van der Waals surface area contributed by atoms with Gasteiger partial charge in [-0.05, 0) is 44.1 Å². The number of likely N-dealkylation sites (tertiary alicyclic amines) is 1. The first-order valence-corrected chi connectivity index (χ1v) is 7.73. The predicted molar refractivity (Wildman–Crippen MR) is 74.4 cm³/mol. The van der Waals surface area contributed by atoms with Crippen molar-refractivity contribution in [2.24, 2.45) is 11.8 Å². The zero-order valence-corrected chi connectivity index (χ0v) is 12.0. The predicted octanol–water partition coefficient (Wildman–Crippen LogP) is 2.41. The number of nitrogens with zero attached hydrogens (tertiary/aromatic N) is 1. The molecule has 0 aromatic rings. The molecular weight excluding hydrogens is 224 g/mol. The summed E-state index contributed by atoms with van der Waals surface area (Å²) in [6, 6.07) is 0.0891. The molecule has 1 aliphatic carbocycles. The molecule has 1 amide bonds. The molecule has 1 saturated heterocycles. The monoisotopic (exact) mass is 252 g/mol. The van der Waals surface area contributed by atoms with E-state index in [1.165, 1.54) is 25.7 Å². The van der Waals surface area contributed by atoms with Crippen molar-refractivity contribution < 1.29 is 4.79 Å². The molecule has 2 rings (SSSR count). The Morgan fingerprint density at radius 1 is 1.22 bits per heavy atom. The molecule has 104 valence electrons. The quantitative estimate of drug-likeness (QED) is 0.833. The van der Waals surface area contributed by atoms with Gasteiger partial charge in [-0.25, -0.2) is 0 Å². The van der Waals surface area contributed by atoms with Crippen LogP contribution in [-0.4, -0.2) is 36.5 Å². The summed E-state index contributed by atoms with van der Waals surface area (Å²) < 4.78 is 0. The lowest BCUT2D eigenvalue weighted by molar-refractivity contribution is -0.136. The standard InChI is InChI=1S/C15H28N2O/c1-3-16-14-5-4-10-17(15(14)18)11-13-8-6-12(2)7-9-13/h12-14,16H,3-11H2,1-2H3. The van der Waals surface area contributed by atoms with Gasteiger partial charge in [-0.15, -0.1) is 0 Å². The van der Waals surface area contributed by atoms with Gasteiger partial charge in [-0.3, -0.25) is 4.79 Å². The Morgan fingerprint density at radius 3 is 2.61 bits per heavy atom. The first-order valence-electron chi connectivity index (χ1n) is 7.73. The highest BCUT2D eigenvalue weighted by Crippen LogP contribution is 2.29. The van der Waals surface area contributed by atoms with E-state index < -0.39 is 0 Å². The number of nitrogens with one attached hydrogen (secondary N) is 1. The SMILES string of the molecule is CCNC1CCCN(CC2CCC(C)CC2)C1=O. The van der Waals surface area contributed by atoms with Crippen LogP contribution < -0.4 is 5.32 Å². The fourth-order valence-corrected chi connectivity index (χ4v) is 3.38. The molecule has 3 heteroatoms. The first-order chi connectivity index (χ1) is 8.70. The third-order valence-corrected chi connectivity index (χ3v) is 4.60. The zero-order valence-electron chi connectivity index (χ0n) is 12.0. The summed E-state index contributed by atoms with van der Waals surface area (Å²) in [5, 5.41) is 3.32. The fraction of sp³-hybridized carbons (Fsp3) is 0.933. The molecule has 0 radical (unpaired) electrons. The van der Waals surface area contributed by atoms with Gasteiger partial charge < -0.3 is 10.2 Å². The maximum absolute atomic E-state index is 12.3. The largest absolute Gasteiger partial charge is 0.341 e. The summed E-state index contributed by atoms with van der Waals surface area (Å²) in [7, 11) is 0. The van der Waals surface area contributed by atoms with E-state index in [0.717, 1.165) is 44.3 Å². The second-order valence-corrected chi connectivity index (χ2v) is 6.16. The van der Waals surface area contributed by atoms with Gasteiger partial charge in [0, 0.05) is 13.1 Å². The molecule has 0 aromatic carbocycles. The second kappa shape index (κ2) is 6.55. The van der Waals surface area contributed by atoms with Gasteiger partial charge >= 0.3 is 0 Å². The number of carbonyl (C=O) groups is 1. The highest BCUT2D eigenvalue weighted by atomic mass is 16.2. The summed E-state index contributed by atoms with van der Waals surface area (Å²) in [6.45, 7) is 7.31. The number of piperidine rings is 1. The number of likely N-dealkylation sites (N-methyl/N-ethyl adjacent to an activating group) is 1. The first kappa shape index (κ1) is 13.9. The number of carbonyl (C=O) groups excluding carboxylic acids is 1. The van der Waals surface area contributed by atoms with E-state index in [4.69, 9.17) is 0 Å². The van der Waals surface area contributed by atoms with Crippen molar-refractivity contribution in [2.45, 2.75) is 58.4 Å². The molecule has 1 aliphatic heterocycles. The maximum atomic E-state index is 12.3. The van der Waals surface area contributed by atoms with Crippen LogP contribution in [-0.2, 0) is 4.79 Å². The normalized spacial score (nSPS) is 33.8. The van der Waals surface area contributed by atoms with Crippen LogP contribution in [0.1, 0.15) is 52.4 Å². The topological polar surface area (TPSA) is 32.3 Å². The van der Waals surface area contributed by atoms with Crippen LogP contribution in [0.2, 0.25) is 0 Å². The minimum absolute atomic E-state index is 0.0891. The molecule has 0 aromatic heterocycles. The lowest BCUT2D eigenvalue weighted by atomic mass is 9.82. The van der Waals surface area contributed by atoms with Crippen LogP contribution in [0.4, 0.5) is 0 Å². The summed E-state index contributed by atoms with van der Waals surface area (Å²) >= 11 is 0.